The van der Waals surface area contributed by atoms with Crippen molar-refractivity contribution in [1.82, 2.24) is 5.16 Å². The standard InChI is InChI=1S/C12H19NO2/c14-8-4-7-11-9-12(13-15-11)10-5-2-1-3-6-10/h9-10,14H,1-8H2. The quantitative estimate of drug-likeness (QED) is 0.829. The van der Waals surface area contributed by atoms with E-state index < -0.39 is 0 Å². The molecule has 3 nitrogen and oxygen atoms in total. The first-order valence-electron chi connectivity index (χ1n) is 5.96. The first-order valence-corrected chi connectivity index (χ1v) is 5.96. The second kappa shape index (κ2) is 5.31. The maximum atomic E-state index is 8.72. The Morgan fingerprint density at radius 3 is 2.87 bits per heavy atom. The van der Waals surface area contributed by atoms with Crippen LogP contribution in [0.5, 0.6) is 0 Å². The van der Waals surface area contributed by atoms with Crippen LogP contribution >= 0.6 is 0 Å². The Labute approximate surface area is 90.5 Å². The zero-order chi connectivity index (χ0) is 10.5. The lowest BCUT2D eigenvalue weighted by molar-refractivity contribution is 0.279. The zero-order valence-electron chi connectivity index (χ0n) is 9.11. The van der Waals surface area contributed by atoms with Gasteiger partial charge in [-0.2, -0.15) is 0 Å². The van der Waals surface area contributed by atoms with E-state index in [0.717, 1.165) is 24.3 Å². The van der Waals surface area contributed by atoms with Crippen LogP contribution in [-0.4, -0.2) is 16.9 Å². The van der Waals surface area contributed by atoms with Gasteiger partial charge in [-0.1, -0.05) is 24.4 Å². The first-order chi connectivity index (χ1) is 7.40. The number of rotatable bonds is 4. The summed E-state index contributed by atoms with van der Waals surface area (Å²) < 4.78 is 5.26. The van der Waals surface area contributed by atoms with Crippen molar-refractivity contribution in [1.29, 1.82) is 0 Å². The molecule has 1 aromatic heterocycles. The molecule has 1 fully saturated rings. The average Bonchev–Trinajstić information content (AvgIpc) is 2.76. The monoisotopic (exact) mass is 209 g/mol. The van der Waals surface area contributed by atoms with E-state index in [9.17, 15) is 0 Å². The molecule has 1 heterocycles. The minimum Gasteiger partial charge on any atom is -0.396 e. The Morgan fingerprint density at radius 1 is 1.33 bits per heavy atom. The summed E-state index contributed by atoms with van der Waals surface area (Å²) in [6.45, 7) is 0.222. The van der Waals surface area contributed by atoms with Crippen LogP contribution in [0.3, 0.4) is 0 Å². The average molecular weight is 209 g/mol. The van der Waals surface area contributed by atoms with Gasteiger partial charge in [-0.25, -0.2) is 0 Å². The molecule has 0 spiro atoms. The fourth-order valence-corrected chi connectivity index (χ4v) is 2.29. The van der Waals surface area contributed by atoms with Crippen molar-refractivity contribution in [3.05, 3.63) is 17.5 Å². The molecule has 0 bridgehead atoms. The molecule has 0 atom stereocenters. The van der Waals surface area contributed by atoms with Crippen LogP contribution < -0.4 is 0 Å². The minimum absolute atomic E-state index is 0.222. The van der Waals surface area contributed by atoms with Gasteiger partial charge in [0, 0.05) is 25.0 Å². The molecule has 0 aromatic carbocycles. The maximum Gasteiger partial charge on any atom is 0.137 e. The number of hydrogen-bond acceptors (Lipinski definition) is 3. The van der Waals surface area contributed by atoms with Gasteiger partial charge in [0.2, 0.25) is 0 Å². The highest BCUT2D eigenvalue weighted by Crippen LogP contribution is 2.32. The van der Waals surface area contributed by atoms with Crippen LogP contribution in [-0.2, 0) is 6.42 Å². The van der Waals surface area contributed by atoms with Crippen LogP contribution in [0.1, 0.15) is 55.9 Å². The van der Waals surface area contributed by atoms with Crippen molar-refractivity contribution in [2.75, 3.05) is 6.61 Å². The topological polar surface area (TPSA) is 46.3 Å². The largest absolute Gasteiger partial charge is 0.396 e. The van der Waals surface area contributed by atoms with Crippen LogP contribution in [0, 0.1) is 0 Å². The minimum atomic E-state index is 0.222. The summed E-state index contributed by atoms with van der Waals surface area (Å²) in [6.07, 6.45) is 8.09. The van der Waals surface area contributed by atoms with Crippen LogP contribution in [0.2, 0.25) is 0 Å². The molecule has 1 aliphatic rings. The fraction of sp³-hybridized carbons (Fsp3) is 0.750. The molecule has 1 aliphatic carbocycles. The van der Waals surface area contributed by atoms with Gasteiger partial charge in [-0.15, -0.1) is 0 Å². The third kappa shape index (κ3) is 2.81. The van der Waals surface area contributed by atoms with Crippen molar-refractivity contribution in [3.63, 3.8) is 0 Å². The predicted octanol–water partition coefficient (Wildman–Crippen LogP) is 2.65. The molecule has 1 N–H and O–H groups in total. The summed E-state index contributed by atoms with van der Waals surface area (Å²) in [6, 6.07) is 2.08. The normalized spacial score (nSPS) is 18.2. The smallest absolute Gasteiger partial charge is 0.137 e. The van der Waals surface area contributed by atoms with E-state index in [4.69, 9.17) is 9.63 Å². The SMILES string of the molecule is OCCCc1cc(C2CCCCC2)no1. The molecule has 1 saturated carbocycles. The number of hydrogen-bond donors (Lipinski definition) is 1. The molecule has 84 valence electrons. The summed E-state index contributed by atoms with van der Waals surface area (Å²) in [5.74, 6) is 1.54. The number of aromatic nitrogens is 1. The van der Waals surface area contributed by atoms with Crippen LogP contribution in [0.15, 0.2) is 10.6 Å². The Kier molecular flexibility index (Phi) is 3.78. The third-order valence-electron chi connectivity index (χ3n) is 3.18. The molecular weight excluding hydrogens is 190 g/mol. The highest BCUT2D eigenvalue weighted by Gasteiger charge is 2.18. The van der Waals surface area contributed by atoms with Crippen molar-refractivity contribution in [2.24, 2.45) is 0 Å². The molecule has 1 aromatic rings. The van der Waals surface area contributed by atoms with E-state index in [0.29, 0.717) is 5.92 Å². The highest BCUT2D eigenvalue weighted by atomic mass is 16.5. The zero-order valence-corrected chi connectivity index (χ0v) is 9.11. The van der Waals surface area contributed by atoms with Crippen molar-refractivity contribution in [3.8, 4) is 0 Å². The summed E-state index contributed by atoms with van der Waals surface area (Å²) in [7, 11) is 0. The number of aliphatic hydroxyl groups is 1. The van der Waals surface area contributed by atoms with Gasteiger partial charge >= 0.3 is 0 Å². The Bertz CT molecular complexity index is 290. The van der Waals surface area contributed by atoms with Crippen LogP contribution in [0.25, 0.3) is 0 Å². The van der Waals surface area contributed by atoms with Gasteiger partial charge < -0.3 is 9.63 Å². The Balaban J connectivity index is 1.93. The van der Waals surface area contributed by atoms with Crippen molar-refractivity contribution in [2.45, 2.75) is 50.9 Å². The Hall–Kier alpha value is -0.830. The molecule has 0 unspecified atom stereocenters. The maximum absolute atomic E-state index is 8.72. The molecular formula is C12H19NO2. The summed E-state index contributed by atoms with van der Waals surface area (Å²) in [5.41, 5.74) is 1.13. The highest BCUT2D eigenvalue weighted by molar-refractivity contribution is 5.11. The number of nitrogens with zero attached hydrogens (tertiary/aromatic N) is 1. The molecule has 3 heteroatoms. The van der Waals surface area contributed by atoms with E-state index in [1.54, 1.807) is 0 Å². The lowest BCUT2D eigenvalue weighted by Gasteiger charge is -2.18. The van der Waals surface area contributed by atoms with E-state index in [2.05, 4.69) is 11.2 Å². The lowest BCUT2D eigenvalue weighted by Crippen LogP contribution is -2.04. The summed E-state index contributed by atoms with van der Waals surface area (Å²) in [5, 5.41) is 12.9. The first kappa shape index (κ1) is 10.7. The summed E-state index contributed by atoms with van der Waals surface area (Å²) in [4.78, 5) is 0. The molecule has 0 radical (unpaired) electrons. The third-order valence-corrected chi connectivity index (χ3v) is 3.18. The summed E-state index contributed by atoms with van der Waals surface area (Å²) >= 11 is 0. The predicted molar refractivity (Wildman–Crippen MR) is 57.7 cm³/mol. The second-order valence-electron chi connectivity index (χ2n) is 4.38. The Morgan fingerprint density at radius 2 is 2.13 bits per heavy atom. The van der Waals surface area contributed by atoms with Crippen molar-refractivity contribution >= 4 is 0 Å². The fourth-order valence-electron chi connectivity index (χ4n) is 2.29. The van der Waals surface area contributed by atoms with E-state index in [-0.39, 0.29) is 6.61 Å². The van der Waals surface area contributed by atoms with Gasteiger partial charge in [0.25, 0.3) is 0 Å². The lowest BCUT2D eigenvalue weighted by atomic mass is 9.87. The van der Waals surface area contributed by atoms with Gasteiger partial charge in [-0.3, -0.25) is 0 Å². The number of aliphatic hydroxyl groups excluding tert-OH is 1. The molecule has 15 heavy (non-hydrogen) atoms. The molecule has 2 rings (SSSR count). The molecule has 0 saturated heterocycles. The van der Waals surface area contributed by atoms with Gasteiger partial charge in [0.15, 0.2) is 0 Å². The molecule has 0 amide bonds. The van der Waals surface area contributed by atoms with Gasteiger partial charge in [0.05, 0.1) is 5.69 Å². The van der Waals surface area contributed by atoms with Crippen LogP contribution in [0.4, 0.5) is 0 Å². The van der Waals surface area contributed by atoms with Gasteiger partial charge in [0.1, 0.15) is 5.76 Å². The molecule has 0 aliphatic heterocycles. The number of aryl methyl sites for hydroxylation is 1. The van der Waals surface area contributed by atoms with E-state index in [1.807, 2.05) is 0 Å². The van der Waals surface area contributed by atoms with E-state index in [1.165, 1.54) is 32.1 Å². The van der Waals surface area contributed by atoms with E-state index >= 15 is 0 Å². The second-order valence-corrected chi connectivity index (χ2v) is 4.38. The van der Waals surface area contributed by atoms with Gasteiger partial charge in [-0.05, 0) is 19.3 Å². The van der Waals surface area contributed by atoms with Crippen molar-refractivity contribution < 1.29 is 9.63 Å².